The Hall–Kier alpha value is -1.69. The maximum atomic E-state index is 12.9. The van der Waals surface area contributed by atoms with Gasteiger partial charge in [0.25, 0.3) is 0 Å². The first-order chi connectivity index (χ1) is 11.7. The molecule has 2 fully saturated rings. The molecule has 6 nitrogen and oxygen atoms in total. The van der Waals surface area contributed by atoms with Gasteiger partial charge in [-0.1, -0.05) is 0 Å². The van der Waals surface area contributed by atoms with E-state index in [2.05, 4.69) is 19.8 Å². The summed E-state index contributed by atoms with van der Waals surface area (Å²) in [6, 6.07) is 1.90. The number of methoxy groups -OCH3 is 1. The van der Waals surface area contributed by atoms with Crippen molar-refractivity contribution in [2.24, 2.45) is 11.8 Å². The maximum absolute atomic E-state index is 12.9. The number of likely N-dealkylation sites (tertiary alicyclic amines) is 1. The van der Waals surface area contributed by atoms with Gasteiger partial charge in [0.2, 0.25) is 11.9 Å². The van der Waals surface area contributed by atoms with Crippen LogP contribution in [0, 0.1) is 18.8 Å². The second-order valence-corrected chi connectivity index (χ2v) is 7.01. The molecule has 2 aliphatic heterocycles. The Labute approximate surface area is 144 Å². The first-order valence-electron chi connectivity index (χ1n) is 8.99. The molecule has 0 aromatic carbocycles. The Kier molecular flexibility index (Phi) is 5.66. The second kappa shape index (κ2) is 7.92. The summed E-state index contributed by atoms with van der Waals surface area (Å²) in [5.41, 5.74) is 0.966. The van der Waals surface area contributed by atoms with E-state index in [9.17, 15) is 4.79 Å². The third kappa shape index (κ3) is 4.04. The Morgan fingerprint density at radius 1 is 1.29 bits per heavy atom. The second-order valence-electron chi connectivity index (χ2n) is 7.01. The summed E-state index contributed by atoms with van der Waals surface area (Å²) in [4.78, 5) is 26.0. The topological polar surface area (TPSA) is 58.6 Å². The minimum absolute atomic E-state index is 0.0711. The van der Waals surface area contributed by atoms with Crippen LogP contribution in [0.1, 0.15) is 31.4 Å². The number of ether oxygens (including phenoxy) is 1. The van der Waals surface area contributed by atoms with E-state index >= 15 is 0 Å². The number of carbonyl (C=O) groups is 1. The number of rotatable bonds is 4. The largest absolute Gasteiger partial charge is 0.384 e. The molecule has 0 radical (unpaired) electrons. The highest BCUT2D eigenvalue weighted by Crippen LogP contribution is 2.25. The molecule has 1 aromatic rings. The van der Waals surface area contributed by atoms with Gasteiger partial charge in [-0.2, -0.15) is 0 Å². The summed E-state index contributed by atoms with van der Waals surface area (Å²) in [5.74, 6) is 1.74. The van der Waals surface area contributed by atoms with Gasteiger partial charge in [0.05, 0.1) is 5.92 Å². The molecule has 0 bridgehead atoms. The monoisotopic (exact) mass is 332 g/mol. The molecule has 0 spiro atoms. The highest BCUT2D eigenvalue weighted by Gasteiger charge is 2.32. The predicted octanol–water partition coefficient (Wildman–Crippen LogP) is 1.89. The lowest BCUT2D eigenvalue weighted by Crippen LogP contribution is -2.48. The van der Waals surface area contributed by atoms with Crippen molar-refractivity contribution in [3.05, 3.63) is 18.0 Å². The third-order valence-electron chi connectivity index (χ3n) is 5.16. The molecule has 3 rings (SSSR count). The van der Waals surface area contributed by atoms with Gasteiger partial charge in [-0.05, 0) is 44.6 Å². The zero-order chi connectivity index (χ0) is 16.9. The van der Waals surface area contributed by atoms with Gasteiger partial charge in [-0.15, -0.1) is 0 Å². The van der Waals surface area contributed by atoms with Crippen LogP contribution in [0.25, 0.3) is 0 Å². The summed E-state index contributed by atoms with van der Waals surface area (Å²) in [5, 5.41) is 0. The molecule has 6 heteroatoms. The van der Waals surface area contributed by atoms with Crippen molar-refractivity contribution >= 4 is 11.9 Å². The summed E-state index contributed by atoms with van der Waals surface area (Å²) in [6.07, 6.45) is 5.89. The molecule has 0 N–H and O–H groups in total. The molecule has 2 aliphatic rings. The van der Waals surface area contributed by atoms with Crippen molar-refractivity contribution < 1.29 is 9.53 Å². The fourth-order valence-electron chi connectivity index (χ4n) is 3.76. The van der Waals surface area contributed by atoms with E-state index in [1.54, 1.807) is 13.3 Å². The van der Waals surface area contributed by atoms with Crippen LogP contribution in [-0.2, 0) is 9.53 Å². The van der Waals surface area contributed by atoms with Crippen LogP contribution >= 0.6 is 0 Å². The SMILES string of the molecule is COCC1CCN(C(=O)C2CCCN(c3nccc(C)n3)C2)CC1. The van der Waals surface area contributed by atoms with Crippen LogP contribution in [0.3, 0.4) is 0 Å². The van der Waals surface area contributed by atoms with Crippen LogP contribution in [-0.4, -0.2) is 60.7 Å². The first-order valence-corrected chi connectivity index (χ1v) is 8.99. The fraction of sp³-hybridized carbons (Fsp3) is 0.722. The average molecular weight is 332 g/mol. The van der Waals surface area contributed by atoms with Crippen molar-refractivity contribution in [3.8, 4) is 0 Å². The molecule has 132 valence electrons. The number of piperidine rings is 2. The summed E-state index contributed by atoms with van der Waals surface area (Å²) in [7, 11) is 1.75. The van der Waals surface area contributed by atoms with E-state index in [1.165, 1.54) is 0 Å². The number of aryl methyl sites for hydroxylation is 1. The number of amides is 1. The van der Waals surface area contributed by atoms with Crippen LogP contribution in [0.5, 0.6) is 0 Å². The van der Waals surface area contributed by atoms with Crippen molar-refractivity contribution in [3.63, 3.8) is 0 Å². The molecular weight excluding hydrogens is 304 g/mol. The number of hydrogen-bond acceptors (Lipinski definition) is 5. The standard InChI is InChI=1S/C18H28N4O2/c1-14-5-8-19-18(20-14)22-9-3-4-16(12-22)17(23)21-10-6-15(7-11-21)13-24-2/h5,8,15-16H,3-4,6-7,9-13H2,1-2H3. The van der Waals surface area contributed by atoms with E-state index in [0.717, 1.165) is 70.1 Å². The molecule has 24 heavy (non-hydrogen) atoms. The predicted molar refractivity (Wildman–Crippen MR) is 92.9 cm³/mol. The van der Waals surface area contributed by atoms with Crippen LogP contribution in [0.4, 0.5) is 5.95 Å². The smallest absolute Gasteiger partial charge is 0.227 e. The van der Waals surface area contributed by atoms with Gasteiger partial charge in [0.1, 0.15) is 0 Å². The lowest BCUT2D eigenvalue weighted by molar-refractivity contribution is -0.137. The molecule has 1 aromatic heterocycles. The molecule has 2 saturated heterocycles. The van der Waals surface area contributed by atoms with Gasteiger partial charge < -0.3 is 14.5 Å². The lowest BCUT2D eigenvalue weighted by Gasteiger charge is -2.37. The van der Waals surface area contributed by atoms with E-state index in [0.29, 0.717) is 11.8 Å². The number of anilines is 1. The molecule has 1 unspecified atom stereocenters. The zero-order valence-corrected chi connectivity index (χ0v) is 14.8. The van der Waals surface area contributed by atoms with Crippen molar-refractivity contribution in [1.29, 1.82) is 0 Å². The van der Waals surface area contributed by atoms with Crippen LogP contribution in [0.2, 0.25) is 0 Å². The van der Waals surface area contributed by atoms with E-state index < -0.39 is 0 Å². The maximum Gasteiger partial charge on any atom is 0.227 e. The minimum atomic E-state index is 0.0711. The van der Waals surface area contributed by atoms with Gasteiger partial charge >= 0.3 is 0 Å². The molecule has 0 aliphatic carbocycles. The fourth-order valence-corrected chi connectivity index (χ4v) is 3.76. The highest BCUT2D eigenvalue weighted by atomic mass is 16.5. The molecular formula is C18H28N4O2. The molecule has 3 heterocycles. The normalized spacial score (nSPS) is 22.7. The lowest BCUT2D eigenvalue weighted by atomic mass is 9.93. The van der Waals surface area contributed by atoms with Crippen molar-refractivity contribution in [2.45, 2.75) is 32.6 Å². The minimum Gasteiger partial charge on any atom is -0.384 e. The number of nitrogens with zero attached hydrogens (tertiary/aromatic N) is 4. The van der Waals surface area contributed by atoms with Gasteiger partial charge in [0, 0.05) is 51.8 Å². The zero-order valence-electron chi connectivity index (χ0n) is 14.8. The van der Waals surface area contributed by atoms with Gasteiger partial charge in [-0.3, -0.25) is 4.79 Å². The highest BCUT2D eigenvalue weighted by molar-refractivity contribution is 5.79. The van der Waals surface area contributed by atoms with Crippen molar-refractivity contribution in [1.82, 2.24) is 14.9 Å². The van der Waals surface area contributed by atoms with Crippen LogP contribution < -0.4 is 4.90 Å². The Morgan fingerprint density at radius 2 is 2.08 bits per heavy atom. The quantitative estimate of drug-likeness (QED) is 0.843. The number of aromatic nitrogens is 2. The summed E-state index contributed by atoms with van der Waals surface area (Å²) < 4.78 is 5.24. The Balaban J connectivity index is 1.57. The van der Waals surface area contributed by atoms with E-state index in [1.807, 2.05) is 13.0 Å². The van der Waals surface area contributed by atoms with Gasteiger partial charge in [0.15, 0.2) is 0 Å². The first kappa shape index (κ1) is 17.1. The summed E-state index contributed by atoms with van der Waals surface area (Å²) >= 11 is 0. The Bertz CT molecular complexity index is 558. The number of hydrogen-bond donors (Lipinski definition) is 0. The Morgan fingerprint density at radius 3 is 2.79 bits per heavy atom. The third-order valence-corrected chi connectivity index (χ3v) is 5.16. The average Bonchev–Trinajstić information content (AvgIpc) is 2.62. The van der Waals surface area contributed by atoms with Crippen LogP contribution in [0.15, 0.2) is 12.3 Å². The molecule has 0 saturated carbocycles. The van der Waals surface area contributed by atoms with E-state index in [-0.39, 0.29) is 5.92 Å². The molecule has 1 amide bonds. The van der Waals surface area contributed by atoms with Gasteiger partial charge in [-0.25, -0.2) is 9.97 Å². The summed E-state index contributed by atoms with van der Waals surface area (Å²) in [6.45, 7) is 6.18. The molecule has 1 atom stereocenters. The number of carbonyl (C=O) groups excluding carboxylic acids is 1. The van der Waals surface area contributed by atoms with E-state index in [4.69, 9.17) is 4.74 Å². The van der Waals surface area contributed by atoms with Crippen molar-refractivity contribution in [2.75, 3.05) is 44.8 Å².